The molecule has 0 unspecified atom stereocenters. The van der Waals surface area contributed by atoms with E-state index in [1.807, 2.05) is 24.3 Å². The second-order valence-corrected chi connectivity index (χ2v) is 5.94. The van der Waals surface area contributed by atoms with E-state index in [2.05, 4.69) is 24.5 Å². The van der Waals surface area contributed by atoms with Crippen molar-refractivity contribution in [1.82, 2.24) is 0 Å². The molecule has 0 aliphatic rings. The molecule has 0 bridgehead atoms. The second-order valence-electron chi connectivity index (χ2n) is 3.87. The standard InChI is InChI=1S/C14H11NO2S2/c15-19(16,17)14-9-5-12(6-10-14)2-1-11-3-7-13(18)8-4-11/h3-10,18H,(H2,15,16,17). The fourth-order valence-electron chi connectivity index (χ4n) is 1.42. The van der Waals surface area contributed by atoms with Crippen LogP contribution in [-0.4, -0.2) is 8.42 Å². The van der Waals surface area contributed by atoms with Crippen LogP contribution in [-0.2, 0) is 10.0 Å². The number of rotatable bonds is 1. The first-order chi connectivity index (χ1) is 8.95. The van der Waals surface area contributed by atoms with E-state index >= 15 is 0 Å². The molecule has 2 rings (SSSR count). The molecule has 5 heteroatoms. The molecule has 0 radical (unpaired) electrons. The van der Waals surface area contributed by atoms with E-state index in [1.54, 1.807) is 12.1 Å². The summed E-state index contributed by atoms with van der Waals surface area (Å²) in [7, 11) is -3.65. The van der Waals surface area contributed by atoms with Crippen LogP contribution >= 0.6 is 12.6 Å². The van der Waals surface area contributed by atoms with Gasteiger partial charge in [-0.3, -0.25) is 0 Å². The Morgan fingerprint density at radius 1 is 0.842 bits per heavy atom. The molecule has 2 aromatic rings. The van der Waals surface area contributed by atoms with E-state index < -0.39 is 10.0 Å². The molecule has 0 amide bonds. The Hall–Kier alpha value is -1.74. The van der Waals surface area contributed by atoms with Crippen LogP contribution in [0.4, 0.5) is 0 Å². The zero-order valence-electron chi connectivity index (χ0n) is 9.87. The Morgan fingerprint density at radius 3 is 1.68 bits per heavy atom. The molecule has 0 aliphatic heterocycles. The number of hydrogen-bond donors (Lipinski definition) is 2. The Morgan fingerprint density at radius 2 is 1.26 bits per heavy atom. The molecular formula is C14H11NO2S2. The molecule has 0 atom stereocenters. The SMILES string of the molecule is NS(=O)(=O)c1ccc(C#Cc2ccc(S)cc2)cc1. The van der Waals surface area contributed by atoms with Gasteiger partial charge in [0.1, 0.15) is 0 Å². The molecular weight excluding hydrogens is 278 g/mol. The molecule has 2 aromatic carbocycles. The van der Waals surface area contributed by atoms with E-state index in [9.17, 15) is 8.42 Å². The van der Waals surface area contributed by atoms with Crippen molar-refractivity contribution in [2.45, 2.75) is 9.79 Å². The average molecular weight is 289 g/mol. The molecule has 2 N–H and O–H groups in total. The summed E-state index contributed by atoms with van der Waals surface area (Å²) in [6, 6.07) is 13.6. The molecule has 0 aromatic heterocycles. The fraction of sp³-hybridized carbons (Fsp3) is 0. The smallest absolute Gasteiger partial charge is 0.225 e. The summed E-state index contributed by atoms with van der Waals surface area (Å²) in [5.41, 5.74) is 1.59. The third-order valence-electron chi connectivity index (χ3n) is 2.40. The molecule has 96 valence electrons. The lowest BCUT2D eigenvalue weighted by Crippen LogP contribution is -2.11. The van der Waals surface area contributed by atoms with Gasteiger partial charge in [-0.05, 0) is 48.5 Å². The first kappa shape index (κ1) is 13.7. The maximum atomic E-state index is 11.1. The van der Waals surface area contributed by atoms with Gasteiger partial charge < -0.3 is 0 Å². The van der Waals surface area contributed by atoms with Gasteiger partial charge in [-0.2, -0.15) is 0 Å². The lowest BCUT2D eigenvalue weighted by molar-refractivity contribution is 0.598. The average Bonchev–Trinajstić information content (AvgIpc) is 2.37. The summed E-state index contributed by atoms with van der Waals surface area (Å²) in [4.78, 5) is 0.959. The highest BCUT2D eigenvalue weighted by Gasteiger charge is 2.05. The van der Waals surface area contributed by atoms with E-state index in [-0.39, 0.29) is 4.90 Å². The maximum absolute atomic E-state index is 11.1. The summed E-state index contributed by atoms with van der Waals surface area (Å²) in [6.07, 6.45) is 0. The van der Waals surface area contributed by atoms with Gasteiger partial charge in [0.05, 0.1) is 4.90 Å². The van der Waals surface area contributed by atoms with Crippen LogP contribution in [0.2, 0.25) is 0 Å². The van der Waals surface area contributed by atoms with E-state index in [1.165, 1.54) is 12.1 Å². The van der Waals surface area contributed by atoms with Gasteiger partial charge in [0.25, 0.3) is 0 Å². The molecule has 0 spiro atoms. The van der Waals surface area contributed by atoms with Crippen molar-refractivity contribution in [3.8, 4) is 11.8 Å². The fourth-order valence-corrected chi connectivity index (χ4v) is 2.08. The van der Waals surface area contributed by atoms with E-state index in [0.29, 0.717) is 0 Å². The van der Waals surface area contributed by atoms with Crippen LogP contribution < -0.4 is 5.14 Å². The Labute approximate surface area is 117 Å². The van der Waals surface area contributed by atoms with Crippen molar-refractivity contribution in [1.29, 1.82) is 0 Å². The van der Waals surface area contributed by atoms with Crippen LogP contribution in [0, 0.1) is 11.8 Å². The minimum Gasteiger partial charge on any atom is -0.225 e. The third-order valence-corrected chi connectivity index (χ3v) is 3.63. The van der Waals surface area contributed by atoms with Crippen molar-refractivity contribution >= 4 is 22.7 Å². The topological polar surface area (TPSA) is 60.2 Å². The van der Waals surface area contributed by atoms with Crippen LogP contribution in [0.25, 0.3) is 0 Å². The van der Waals surface area contributed by atoms with Crippen molar-refractivity contribution in [2.24, 2.45) is 5.14 Å². The van der Waals surface area contributed by atoms with E-state index in [4.69, 9.17) is 5.14 Å². The predicted octanol–water partition coefficient (Wildman–Crippen LogP) is 2.02. The second kappa shape index (κ2) is 5.49. The van der Waals surface area contributed by atoms with Crippen molar-refractivity contribution < 1.29 is 8.42 Å². The van der Waals surface area contributed by atoms with Gasteiger partial charge in [-0.15, -0.1) is 12.6 Å². The van der Waals surface area contributed by atoms with Crippen molar-refractivity contribution in [3.05, 3.63) is 59.7 Å². The van der Waals surface area contributed by atoms with Gasteiger partial charge in [-0.1, -0.05) is 11.8 Å². The third kappa shape index (κ3) is 3.86. The first-order valence-corrected chi connectivity index (χ1v) is 7.38. The summed E-state index contributed by atoms with van der Waals surface area (Å²) < 4.78 is 22.2. The molecule has 0 fully saturated rings. The van der Waals surface area contributed by atoms with Gasteiger partial charge in [0, 0.05) is 16.0 Å². The summed E-state index contributed by atoms with van der Waals surface area (Å²) in [5.74, 6) is 5.93. The van der Waals surface area contributed by atoms with Crippen LogP contribution in [0.3, 0.4) is 0 Å². The molecule has 3 nitrogen and oxygen atoms in total. The quantitative estimate of drug-likeness (QED) is 0.623. The number of primary sulfonamides is 1. The minimum atomic E-state index is -3.65. The molecule has 0 saturated heterocycles. The van der Waals surface area contributed by atoms with Crippen LogP contribution in [0.15, 0.2) is 58.3 Å². The predicted molar refractivity (Wildman–Crippen MR) is 77.5 cm³/mol. The zero-order chi connectivity index (χ0) is 13.9. The Balaban J connectivity index is 2.23. The number of benzene rings is 2. The van der Waals surface area contributed by atoms with Gasteiger partial charge in [-0.25, -0.2) is 13.6 Å². The number of nitrogens with two attached hydrogens (primary N) is 1. The van der Waals surface area contributed by atoms with Crippen molar-refractivity contribution in [3.63, 3.8) is 0 Å². The lowest BCUT2D eigenvalue weighted by Gasteiger charge is -1.97. The van der Waals surface area contributed by atoms with Crippen LogP contribution in [0.5, 0.6) is 0 Å². The molecule has 0 saturated carbocycles. The Kier molecular flexibility index (Phi) is 3.96. The van der Waals surface area contributed by atoms with Crippen LogP contribution in [0.1, 0.15) is 11.1 Å². The summed E-state index contributed by atoms with van der Waals surface area (Å²) in [5, 5.41) is 5.01. The zero-order valence-corrected chi connectivity index (χ0v) is 11.6. The Bertz CT molecular complexity index is 737. The highest BCUT2D eigenvalue weighted by molar-refractivity contribution is 7.89. The van der Waals surface area contributed by atoms with Gasteiger partial charge in [0.2, 0.25) is 10.0 Å². The van der Waals surface area contributed by atoms with Gasteiger partial charge in [0.15, 0.2) is 0 Å². The maximum Gasteiger partial charge on any atom is 0.238 e. The minimum absolute atomic E-state index is 0.0810. The summed E-state index contributed by atoms with van der Waals surface area (Å²) in [6.45, 7) is 0. The summed E-state index contributed by atoms with van der Waals surface area (Å²) >= 11 is 4.19. The van der Waals surface area contributed by atoms with E-state index in [0.717, 1.165) is 16.0 Å². The molecule has 19 heavy (non-hydrogen) atoms. The highest BCUT2D eigenvalue weighted by Crippen LogP contribution is 2.09. The molecule has 0 aliphatic carbocycles. The molecule has 0 heterocycles. The first-order valence-electron chi connectivity index (χ1n) is 5.39. The van der Waals surface area contributed by atoms with Crippen molar-refractivity contribution in [2.75, 3.05) is 0 Å². The van der Waals surface area contributed by atoms with Gasteiger partial charge >= 0.3 is 0 Å². The normalized spacial score (nSPS) is 10.6. The number of hydrogen-bond acceptors (Lipinski definition) is 3. The highest BCUT2D eigenvalue weighted by atomic mass is 32.2. The number of sulfonamides is 1. The monoisotopic (exact) mass is 289 g/mol. The number of thiol groups is 1. The lowest BCUT2D eigenvalue weighted by atomic mass is 10.2. The largest absolute Gasteiger partial charge is 0.238 e.